The summed E-state index contributed by atoms with van der Waals surface area (Å²) in [6.07, 6.45) is 2.80. The van der Waals surface area contributed by atoms with Gasteiger partial charge in [-0.2, -0.15) is 0 Å². The van der Waals surface area contributed by atoms with E-state index in [1.165, 1.54) is 18.4 Å². The summed E-state index contributed by atoms with van der Waals surface area (Å²) < 4.78 is 18.9. The highest BCUT2D eigenvalue weighted by atomic mass is 19.1. The van der Waals surface area contributed by atoms with Gasteiger partial charge < -0.3 is 9.32 Å². The van der Waals surface area contributed by atoms with Crippen molar-refractivity contribution in [3.8, 4) is 0 Å². The summed E-state index contributed by atoms with van der Waals surface area (Å²) in [4.78, 5) is 27.2. The molecule has 3 aromatic carbocycles. The minimum atomic E-state index is -0.201. The Labute approximate surface area is 178 Å². The number of hydrogen-bond donors (Lipinski definition) is 0. The first kappa shape index (κ1) is 19.6. The van der Waals surface area contributed by atoms with Gasteiger partial charge in [0.15, 0.2) is 11.2 Å². The van der Waals surface area contributed by atoms with Gasteiger partial charge in [0.25, 0.3) is 0 Å². The third kappa shape index (κ3) is 4.01. The average molecular weight is 415 g/mol. The summed E-state index contributed by atoms with van der Waals surface area (Å²) in [6.45, 7) is 2.44. The van der Waals surface area contributed by atoms with Crippen LogP contribution in [0.15, 0.2) is 76.1 Å². The van der Waals surface area contributed by atoms with Crippen molar-refractivity contribution >= 4 is 27.5 Å². The summed E-state index contributed by atoms with van der Waals surface area (Å²) in [5.74, 6) is 0.190. The van der Waals surface area contributed by atoms with Crippen molar-refractivity contribution in [2.75, 3.05) is 19.6 Å². The Kier molecular flexibility index (Phi) is 5.12. The zero-order valence-electron chi connectivity index (χ0n) is 17.0. The third-order valence-electron chi connectivity index (χ3n) is 6.19. The second-order valence-corrected chi connectivity index (χ2v) is 8.21. The monoisotopic (exact) mass is 415 g/mol. The van der Waals surface area contributed by atoms with Crippen LogP contribution < -0.4 is 5.43 Å². The lowest BCUT2D eigenvalue weighted by atomic mass is 9.98. The number of rotatable bonds is 5. The van der Waals surface area contributed by atoms with Gasteiger partial charge in [-0.3, -0.25) is 9.59 Å². The Balaban J connectivity index is 1.27. The predicted octanol–water partition coefficient (Wildman–Crippen LogP) is 5.15. The Morgan fingerprint density at radius 3 is 2.84 bits per heavy atom. The molecule has 5 rings (SSSR count). The van der Waals surface area contributed by atoms with Crippen molar-refractivity contribution in [1.82, 2.24) is 4.90 Å². The van der Waals surface area contributed by atoms with Crippen LogP contribution in [0.1, 0.15) is 34.7 Å². The molecule has 1 unspecified atom stereocenters. The molecule has 156 valence electrons. The highest BCUT2D eigenvalue weighted by Crippen LogP contribution is 2.28. The smallest absolute Gasteiger partial charge is 0.192 e. The summed E-state index contributed by atoms with van der Waals surface area (Å²) in [6, 6.07) is 17.4. The molecule has 0 amide bonds. The molecule has 5 heteroatoms. The molecule has 0 spiro atoms. The number of Topliss-reactive ketones (excluding diaryl/α,β-unsaturated/α-hetero) is 1. The molecule has 1 aliphatic heterocycles. The first-order chi connectivity index (χ1) is 15.1. The molecule has 1 saturated heterocycles. The van der Waals surface area contributed by atoms with Crippen LogP contribution in [0.5, 0.6) is 0 Å². The SMILES string of the molecule is O=C(CCN1CCC(c2cccc(F)c2)C1)c1ccc2cc3occc(=O)c3cc2c1. The topological polar surface area (TPSA) is 50.5 Å². The molecular formula is C26H22FNO3. The van der Waals surface area contributed by atoms with Crippen LogP contribution in [-0.2, 0) is 0 Å². The molecule has 2 heterocycles. The van der Waals surface area contributed by atoms with E-state index in [-0.39, 0.29) is 17.0 Å². The van der Waals surface area contributed by atoms with Crippen LogP contribution in [0.25, 0.3) is 21.7 Å². The van der Waals surface area contributed by atoms with Gasteiger partial charge in [-0.15, -0.1) is 0 Å². The second kappa shape index (κ2) is 8.08. The average Bonchev–Trinajstić information content (AvgIpc) is 3.25. The van der Waals surface area contributed by atoms with Gasteiger partial charge in [0.1, 0.15) is 11.4 Å². The maximum atomic E-state index is 13.5. The predicted molar refractivity (Wildman–Crippen MR) is 119 cm³/mol. The first-order valence-corrected chi connectivity index (χ1v) is 10.5. The molecule has 1 aromatic heterocycles. The van der Waals surface area contributed by atoms with Crippen molar-refractivity contribution in [3.63, 3.8) is 0 Å². The molecule has 0 saturated carbocycles. The molecule has 0 N–H and O–H groups in total. The molecule has 0 bridgehead atoms. The van der Waals surface area contributed by atoms with E-state index < -0.39 is 0 Å². The van der Waals surface area contributed by atoms with E-state index in [2.05, 4.69) is 4.90 Å². The quantitative estimate of drug-likeness (QED) is 0.334. The van der Waals surface area contributed by atoms with Crippen LogP contribution >= 0.6 is 0 Å². The maximum absolute atomic E-state index is 13.5. The van der Waals surface area contributed by atoms with Crippen LogP contribution in [-0.4, -0.2) is 30.3 Å². The number of likely N-dealkylation sites (tertiary alicyclic amines) is 1. The minimum absolute atomic E-state index is 0.0799. The molecule has 1 fully saturated rings. The maximum Gasteiger partial charge on any atom is 0.192 e. The first-order valence-electron chi connectivity index (χ1n) is 10.5. The van der Waals surface area contributed by atoms with E-state index in [1.807, 2.05) is 30.3 Å². The highest BCUT2D eigenvalue weighted by molar-refractivity contribution is 6.02. The van der Waals surface area contributed by atoms with E-state index >= 15 is 0 Å². The number of fused-ring (bicyclic) bond motifs is 2. The standard InChI is InChI=1S/C26H22FNO3/c27-22-3-1-2-17(13-22)20-6-9-28(16-20)10-7-24(29)19-5-4-18-15-26-23(14-21(18)12-19)25(30)8-11-31-26/h1-5,8,11-15,20H,6-7,9-10,16H2. The zero-order valence-corrected chi connectivity index (χ0v) is 17.0. The van der Waals surface area contributed by atoms with Crippen molar-refractivity contribution in [3.05, 3.63) is 94.1 Å². The number of ketones is 1. The number of hydrogen-bond acceptors (Lipinski definition) is 4. The summed E-state index contributed by atoms with van der Waals surface area (Å²) in [7, 11) is 0. The van der Waals surface area contributed by atoms with Gasteiger partial charge in [0.2, 0.25) is 0 Å². The highest BCUT2D eigenvalue weighted by Gasteiger charge is 2.24. The van der Waals surface area contributed by atoms with Crippen molar-refractivity contribution in [2.45, 2.75) is 18.8 Å². The van der Waals surface area contributed by atoms with Gasteiger partial charge >= 0.3 is 0 Å². The van der Waals surface area contributed by atoms with E-state index in [9.17, 15) is 14.0 Å². The molecule has 4 aromatic rings. The molecule has 4 nitrogen and oxygen atoms in total. The Bertz CT molecular complexity index is 1340. The summed E-state index contributed by atoms with van der Waals surface area (Å²) in [5.41, 5.74) is 2.12. The number of nitrogens with zero attached hydrogens (tertiary/aromatic N) is 1. The second-order valence-electron chi connectivity index (χ2n) is 8.21. The zero-order chi connectivity index (χ0) is 21.4. The van der Waals surface area contributed by atoms with Gasteiger partial charge in [-0.25, -0.2) is 4.39 Å². The van der Waals surface area contributed by atoms with Crippen LogP contribution in [0.4, 0.5) is 4.39 Å². The van der Waals surface area contributed by atoms with Gasteiger partial charge in [-0.05, 0) is 65.6 Å². The third-order valence-corrected chi connectivity index (χ3v) is 6.19. The Morgan fingerprint density at radius 2 is 1.97 bits per heavy atom. The molecule has 1 aliphatic rings. The van der Waals surface area contributed by atoms with E-state index in [0.29, 0.717) is 35.4 Å². The fourth-order valence-electron chi connectivity index (χ4n) is 4.47. The van der Waals surface area contributed by atoms with Crippen LogP contribution in [0, 0.1) is 5.82 Å². The van der Waals surface area contributed by atoms with Crippen LogP contribution in [0.2, 0.25) is 0 Å². The number of halogens is 1. The Hall–Kier alpha value is -3.31. The van der Waals surface area contributed by atoms with Crippen molar-refractivity contribution in [2.24, 2.45) is 0 Å². The fourth-order valence-corrected chi connectivity index (χ4v) is 4.47. The molecule has 31 heavy (non-hydrogen) atoms. The largest absolute Gasteiger partial charge is 0.464 e. The lowest BCUT2D eigenvalue weighted by Gasteiger charge is -2.16. The van der Waals surface area contributed by atoms with E-state index in [1.54, 1.807) is 18.2 Å². The Morgan fingerprint density at radius 1 is 1.06 bits per heavy atom. The summed E-state index contributed by atoms with van der Waals surface area (Å²) >= 11 is 0. The number of benzene rings is 3. The lowest BCUT2D eigenvalue weighted by Crippen LogP contribution is -2.23. The van der Waals surface area contributed by atoms with E-state index in [4.69, 9.17) is 4.42 Å². The van der Waals surface area contributed by atoms with Gasteiger partial charge in [-0.1, -0.05) is 24.3 Å². The van der Waals surface area contributed by atoms with E-state index in [0.717, 1.165) is 35.8 Å². The summed E-state index contributed by atoms with van der Waals surface area (Å²) in [5, 5.41) is 2.29. The molecule has 1 atom stereocenters. The fraction of sp³-hybridized carbons (Fsp3) is 0.231. The van der Waals surface area contributed by atoms with Crippen LogP contribution in [0.3, 0.4) is 0 Å². The minimum Gasteiger partial charge on any atom is -0.464 e. The molecular weight excluding hydrogens is 393 g/mol. The molecule has 0 aliphatic carbocycles. The van der Waals surface area contributed by atoms with Gasteiger partial charge in [0, 0.05) is 31.1 Å². The number of carbonyl (C=O) groups is 1. The normalized spacial score (nSPS) is 16.9. The lowest BCUT2D eigenvalue weighted by molar-refractivity contribution is 0.0969. The molecule has 0 radical (unpaired) electrons. The van der Waals surface area contributed by atoms with Gasteiger partial charge in [0.05, 0.1) is 11.6 Å². The van der Waals surface area contributed by atoms with Crippen molar-refractivity contribution in [1.29, 1.82) is 0 Å². The number of carbonyl (C=O) groups excluding carboxylic acids is 1. The van der Waals surface area contributed by atoms with Crippen molar-refractivity contribution < 1.29 is 13.6 Å².